The summed E-state index contributed by atoms with van der Waals surface area (Å²) in [4.78, 5) is 0. The Balaban J connectivity index is 2.11. The average Bonchev–Trinajstić information content (AvgIpc) is 2.33. The molecule has 0 unspecified atom stereocenters. The Kier molecular flexibility index (Phi) is 3.77. The summed E-state index contributed by atoms with van der Waals surface area (Å²) in [6, 6.07) is 14.8. The van der Waals surface area contributed by atoms with Gasteiger partial charge in [-0.05, 0) is 48.5 Å². The molecule has 0 heterocycles. The Morgan fingerprint density at radius 3 is 1.88 bits per heavy atom. The van der Waals surface area contributed by atoms with Crippen molar-refractivity contribution < 1.29 is 30.3 Å². The highest BCUT2D eigenvalue weighted by atomic mass is 127. The van der Waals surface area contributed by atoms with Crippen molar-refractivity contribution in [3.05, 3.63) is 61.5 Å². The molecule has 0 N–H and O–H groups in total. The smallest absolute Gasteiger partial charge is 0.357 e. The van der Waals surface area contributed by atoms with Gasteiger partial charge in [-0.2, -0.15) is 0 Å². The summed E-state index contributed by atoms with van der Waals surface area (Å²) in [7, 11) is 1.66. The molecule has 3 heteroatoms. The van der Waals surface area contributed by atoms with E-state index in [9.17, 15) is 4.39 Å². The zero-order chi connectivity index (χ0) is 11.4. The lowest BCUT2D eigenvalue weighted by molar-refractivity contribution is -0.597. The van der Waals surface area contributed by atoms with E-state index in [0.717, 1.165) is 5.75 Å². The fourth-order valence-corrected chi connectivity index (χ4v) is 3.41. The van der Waals surface area contributed by atoms with Crippen LogP contribution in [0.5, 0.6) is 5.75 Å². The van der Waals surface area contributed by atoms with Crippen LogP contribution in [-0.4, -0.2) is 7.11 Å². The zero-order valence-corrected chi connectivity index (χ0v) is 10.9. The lowest BCUT2D eigenvalue weighted by Gasteiger charge is -1.95. The van der Waals surface area contributed by atoms with E-state index in [2.05, 4.69) is 12.1 Å². The summed E-state index contributed by atoms with van der Waals surface area (Å²) in [5, 5.41) is 0. The van der Waals surface area contributed by atoms with Gasteiger partial charge in [-0.3, -0.25) is 0 Å². The molecule has 1 nitrogen and oxygen atoms in total. The monoisotopic (exact) mass is 329 g/mol. The number of ether oxygens (including phenoxy) is 1. The van der Waals surface area contributed by atoms with Crippen LogP contribution in [0.15, 0.2) is 48.5 Å². The highest BCUT2D eigenvalue weighted by molar-refractivity contribution is 5.20. The third-order valence-electron chi connectivity index (χ3n) is 2.07. The van der Waals surface area contributed by atoms with E-state index in [0.29, 0.717) is 0 Å². The Labute approximate surface area is 105 Å². The summed E-state index contributed by atoms with van der Waals surface area (Å²) >= 11 is -0.224. The van der Waals surface area contributed by atoms with E-state index in [1.165, 1.54) is 19.3 Å². The van der Waals surface area contributed by atoms with E-state index < -0.39 is 0 Å². The van der Waals surface area contributed by atoms with Gasteiger partial charge in [0.05, 0.1) is 7.11 Å². The number of methoxy groups -OCH3 is 1. The van der Waals surface area contributed by atoms with Crippen molar-refractivity contribution in [1.82, 2.24) is 0 Å². The molecule has 0 amide bonds. The number of hydrogen-bond acceptors (Lipinski definition) is 1. The molecule has 2 aromatic rings. The van der Waals surface area contributed by atoms with E-state index in [1.54, 1.807) is 7.11 Å². The first-order chi connectivity index (χ1) is 7.78. The Morgan fingerprint density at radius 1 is 0.875 bits per heavy atom. The molecule has 0 aliphatic carbocycles. The zero-order valence-electron chi connectivity index (χ0n) is 8.78. The molecule has 0 bridgehead atoms. The molecule has 16 heavy (non-hydrogen) atoms. The second-order valence-corrected chi connectivity index (χ2v) is 6.22. The van der Waals surface area contributed by atoms with Gasteiger partial charge in [-0.25, -0.2) is 4.39 Å². The molecule has 82 valence electrons. The highest BCUT2D eigenvalue weighted by Gasteiger charge is 2.14. The van der Waals surface area contributed by atoms with Crippen molar-refractivity contribution >= 4 is 0 Å². The summed E-state index contributed by atoms with van der Waals surface area (Å²) in [5.41, 5.74) is 0. The molecule has 0 radical (unpaired) electrons. The van der Waals surface area contributed by atoms with Gasteiger partial charge >= 0.3 is 21.2 Å². The molecule has 2 rings (SSSR count). The lowest BCUT2D eigenvalue weighted by atomic mass is 10.3. The Bertz CT molecular complexity index is 450. The van der Waals surface area contributed by atoms with Crippen LogP contribution in [0, 0.1) is 13.0 Å². The van der Waals surface area contributed by atoms with Gasteiger partial charge in [0.2, 0.25) is 0 Å². The third kappa shape index (κ3) is 2.95. The van der Waals surface area contributed by atoms with Crippen molar-refractivity contribution in [2.75, 3.05) is 7.11 Å². The molecule has 2 aromatic carbocycles. The van der Waals surface area contributed by atoms with Crippen LogP contribution in [0.25, 0.3) is 0 Å². The Morgan fingerprint density at radius 2 is 1.38 bits per heavy atom. The molecule has 0 spiro atoms. The molecule has 0 fully saturated rings. The van der Waals surface area contributed by atoms with Gasteiger partial charge in [0.1, 0.15) is 11.6 Å². The summed E-state index contributed by atoms with van der Waals surface area (Å²) < 4.78 is 20.3. The van der Waals surface area contributed by atoms with Gasteiger partial charge in [0.25, 0.3) is 0 Å². The maximum atomic E-state index is 12.7. The minimum atomic E-state index is -0.224. The van der Waals surface area contributed by atoms with Gasteiger partial charge in [0, 0.05) is 0 Å². The molecule has 0 saturated carbocycles. The second kappa shape index (κ2) is 5.30. The minimum Gasteiger partial charge on any atom is -0.497 e. The van der Waals surface area contributed by atoms with Crippen molar-refractivity contribution in [1.29, 1.82) is 0 Å². The van der Waals surface area contributed by atoms with E-state index >= 15 is 0 Å². The summed E-state index contributed by atoms with van der Waals surface area (Å²) in [6.07, 6.45) is 0. The number of halogens is 2. The normalized spacial score (nSPS) is 10.1. The summed E-state index contributed by atoms with van der Waals surface area (Å²) in [5.74, 6) is 0.689. The van der Waals surface area contributed by atoms with Crippen LogP contribution in [0.3, 0.4) is 0 Å². The third-order valence-corrected chi connectivity index (χ3v) is 4.76. The van der Waals surface area contributed by atoms with Gasteiger partial charge in [-0.15, -0.1) is 0 Å². The molecule has 0 atom stereocenters. The van der Waals surface area contributed by atoms with Crippen LogP contribution in [-0.2, 0) is 0 Å². The van der Waals surface area contributed by atoms with Crippen molar-refractivity contribution in [2.24, 2.45) is 0 Å². The first-order valence-corrected chi connectivity index (χ1v) is 6.98. The van der Waals surface area contributed by atoms with Crippen LogP contribution in [0.1, 0.15) is 0 Å². The fraction of sp³-hybridized carbons (Fsp3) is 0.0769. The predicted octanol–water partition coefficient (Wildman–Crippen LogP) is -0.0373. The molecule has 0 aromatic heterocycles. The largest absolute Gasteiger partial charge is 0.497 e. The highest BCUT2D eigenvalue weighted by Crippen LogP contribution is 2.06. The first-order valence-electron chi connectivity index (χ1n) is 4.82. The van der Waals surface area contributed by atoms with E-state index in [-0.39, 0.29) is 27.0 Å². The predicted molar refractivity (Wildman–Crippen MR) is 56.8 cm³/mol. The minimum absolute atomic E-state index is 0.178. The number of hydrogen-bond donors (Lipinski definition) is 0. The van der Waals surface area contributed by atoms with Crippen molar-refractivity contribution in [2.45, 2.75) is 0 Å². The van der Waals surface area contributed by atoms with Crippen molar-refractivity contribution in [3.8, 4) is 5.75 Å². The maximum absolute atomic E-state index is 12.7. The fourth-order valence-electron chi connectivity index (χ4n) is 1.25. The van der Waals surface area contributed by atoms with Crippen LogP contribution >= 0.6 is 0 Å². The van der Waals surface area contributed by atoms with Gasteiger partial charge in [0.15, 0.2) is 7.14 Å². The van der Waals surface area contributed by atoms with Gasteiger partial charge < -0.3 is 4.74 Å². The number of rotatable bonds is 3. The molecular weight excluding hydrogens is 318 g/mol. The topological polar surface area (TPSA) is 9.23 Å². The van der Waals surface area contributed by atoms with Crippen molar-refractivity contribution in [3.63, 3.8) is 0 Å². The standard InChI is InChI=1S/C13H11FIO/c1-16-13-8-6-12(7-9-13)15-11-4-2-10(14)3-5-11/h2-9H,1H3/q+1. The average molecular weight is 329 g/mol. The Hall–Kier alpha value is -1.10. The lowest BCUT2D eigenvalue weighted by Crippen LogP contribution is -3.61. The molecule has 0 saturated heterocycles. The van der Waals surface area contributed by atoms with E-state index in [4.69, 9.17) is 4.74 Å². The second-order valence-electron chi connectivity index (χ2n) is 3.19. The van der Waals surface area contributed by atoms with E-state index in [1.807, 2.05) is 24.3 Å². The van der Waals surface area contributed by atoms with Crippen LogP contribution in [0.2, 0.25) is 0 Å². The molecule has 0 aliphatic heterocycles. The van der Waals surface area contributed by atoms with Crippen LogP contribution < -0.4 is 25.9 Å². The van der Waals surface area contributed by atoms with Gasteiger partial charge in [-0.1, -0.05) is 0 Å². The molecular formula is C13H11FIO+. The quantitative estimate of drug-likeness (QED) is 0.719. The maximum Gasteiger partial charge on any atom is 0.357 e. The first kappa shape index (κ1) is 11.4. The number of benzene rings is 2. The molecule has 0 aliphatic rings. The summed E-state index contributed by atoms with van der Waals surface area (Å²) in [6.45, 7) is 0. The SMILES string of the molecule is COc1ccc([I+]c2ccc(F)cc2)cc1. The van der Waals surface area contributed by atoms with Crippen LogP contribution in [0.4, 0.5) is 4.39 Å².